The van der Waals surface area contributed by atoms with Crippen molar-refractivity contribution < 1.29 is 4.79 Å². The van der Waals surface area contributed by atoms with Crippen molar-refractivity contribution in [1.82, 2.24) is 4.90 Å². The van der Waals surface area contributed by atoms with Crippen LogP contribution in [0.2, 0.25) is 0 Å². The van der Waals surface area contributed by atoms with Crippen molar-refractivity contribution in [2.45, 2.75) is 39.2 Å². The van der Waals surface area contributed by atoms with Gasteiger partial charge in [-0.15, -0.1) is 18.0 Å². The van der Waals surface area contributed by atoms with Crippen molar-refractivity contribution in [1.29, 1.82) is 0 Å². The summed E-state index contributed by atoms with van der Waals surface area (Å²) >= 11 is 5.64. The SMILES string of the molecule is C#CCN(C(=O)CCl)C1C(C)CCCC1C. The Bertz CT molecular complexity index is 274. The number of halogens is 1. The third kappa shape index (κ3) is 2.92. The lowest BCUT2D eigenvalue weighted by atomic mass is 9.78. The first kappa shape index (κ1) is 13.4. The summed E-state index contributed by atoms with van der Waals surface area (Å²) in [4.78, 5) is 13.6. The Hall–Kier alpha value is -0.680. The van der Waals surface area contributed by atoms with Crippen LogP contribution in [0.3, 0.4) is 0 Å². The Balaban J connectivity index is 2.82. The molecule has 16 heavy (non-hydrogen) atoms. The summed E-state index contributed by atoms with van der Waals surface area (Å²) in [6, 6.07) is 0.260. The number of carbonyl (C=O) groups is 1. The fourth-order valence-electron chi connectivity index (χ4n) is 2.81. The number of amides is 1. The van der Waals surface area contributed by atoms with Gasteiger partial charge in [0.1, 0.15) is 5.88 Å². The molecule has 0 radical (unpaired) electrons. The van der Waals surface area contributed by atoms with Crippen LogP contribution < -0.4 is 0 Å². The van der Waals surface area contributed by atoms with Gasteiger partial charge in [-0.3, -0.25) is 4.79 Å². The van der Waals surface area contributed by atoms with Gasteiger partial charge in [0.2, 0.25) is 5.91 Å². The van der Waals surface area contributed by atoms with Gasteiger partial charge in [0, 0.05) is 6.04 Å². The first-order chi connectivity index (χ1) is 7.61. The van der Waals surface area contributed by atoms with Crippen LogP contribution in [0.5, 0.6) is 0 Å². The highest BCUT2D eigenvalue weighted by atomic mass is 35.5. The van der Waals surface area contributed by atoms with Crippen LogP contribution in [-0.2, 0) is 4.79 Å². The highest BCUT2D eigenvalue weighted by Crippen LogP contribution is 2.32. The van der Waals surface area contributed by atoms with E-state index >= 15 is 0 Å². The molecule has 1 fully saturated rings. The number of terminal acetylenes is 1. The molecule has 2 nitrogen and oxygen atoms in total. The lowest BCUT2D eigenvalue weighted by molar-refractivity contribution is -0.133. The van der Waals surface area contributed by atoms with E-state index in [1.807, 2.05) is 0 Å². The van der Waals surface area contributed by atoms with Gasteiger partial charge in [-0.25, -0.2) is 0 Å². The van der Waals surface area contributed by atoms with Gasteiger partial charge in [-0.1, -0.05) is 26.2 Å². The Morgan fingerprint density at radius 2 is 2.00 bits per heavy atom. The minimum Gasteiger partial charge on any atom is -0.327 e. The maximum absolute atomic E-state index is 11.8. The molecule has 0 N–H and O–H groups in total. The molecule has 0 bridgehead atoms. The minimum atomic E-state index is -0.0368. The lowest BCUT2D eigenvalue weighted by Gasteiger charge is -2.41. The van der Waals surface area contributed by atoms with Crippen molar-refractivity contribution in [3.63, 3.8) is 0 Å². The van der Waals surface area contributed by atoms with Crippen molar-refractivity contribution in [2.75, 3.05) is 12.4 Å². The molecule has 1 saturated carbocycles. The Kier molecular flexibility index (Phi) is 5.15. The van der Waals surface area contributed by atoms with E-state index in [0.29, 0.717) is 18.4 Å². The van der Waals surface area contributed by atoms with Crippen molar-refractivity contribution in [2.24, 2.45) is 11.8 Å². The Morgan fingerprint density at radius 3 is 2.44 bits per heavy atom. The number of rotatable bonds is 3. The summed E-state index contributed by atoms with van der Waals surface area (Å²) in [7, 11) is 0. The smallest absolute Gasteiger partial charge is 0.238 e. The predicted octanol–water partition coefficient (Wildman–Crippen LogP) is 2.51. The van der Waals surface area contributed by atoms with E-state index in [9.17, 15) is 4.79 Å². The predicted molar refractivity (Wildman–Crippen MR) is 67.2 cm³/mol. The van der Waals surface area contributed by atoms with E-state index in [1.165, 1.54) is 19.3 Å². The first-order valence-corrected chi connectivity index (χ1v) is 6.44. The molecule has 0 saturated heterocycles. The van der Waals surface area contributed by atoms with Crippen molar-refractivity contribution >= 4 is 17.5 Å². The Morgan fingerprint density at radius 1 is 1.44 bits per heavy atom. The van der Waals surface area contributed by atoms with E-state index in [2.05, 4.69) is 19.8 Å². The summed E-state index contributed by atoms with van der Waals surface area (Å²) in [5.74, 6) is 3.59. The van der Waals surface area contributed by atoms with Gasteiger partial charge in [0.05, 0.1) is 6.54 Å². The maximum atomic E-state index is 11.8. The van der Waals surface area contributed by atoms with Crippen LogP contribution in [0.4, 0.5) is 0 Å². The Labute approximate surface area is 103 Å². The second-order valence-electron chi connectivity index (χ2n) is 4.74. The molecule has 0 aromatic rings. The minimum absolute atomic E-state index is 0.0254. The van der Waals surface area contributed by atoms with Gasteiger partial charge < -0.3 is 4.90 Å². The highest BCUT2D eigenvalue weighted by molar-refractivity contribution is 6.27. The van der Waals surface area contributed by atoms with E-state index in [4.69, 9.17) is 18.0 Å². The molecule has 1 rings (SSSR count). The van der Waals surface area contributed by atoms with Gasteiger partial charge in [0.15, 0.2) is 0 Å². The van der Waals surface area contributed by atoms with Gasteiger partial charge >= 0.3 is 0 Å². The van der Waals surface area contributed by atoms with Gasteiger partial charge in [-0.2, -0.15) is 0 Å². The number of hydrogen-bond donors (Lipinski definition) is 0. The highest BCUT2D eigenvalue weighted by Gasteiger charge is 2.34. The molecule has 1 amide bonds. The number of carbonyl (C=O) groups excluding carboxylic acids is 1. The van der Waals surface area contributed by atoms with Crippen molar-refractivity contribution in [3.8, 4) is 12.3 Å². The van der Waals surface area contributed by atoms with Crippen LogP contribution in [0.25, 0.3) is 0 Å². The van der Waals surface area contributed by atoms with E-state index < -0.39 is 0 Å². The molecule has 0 aromatic carbocycles. The number of hydrogen-bond acceptors (Lipinski definition) is 1. The topological polar surface area (TPSA) is 20.3 Å². The number of nitrogens with zero attached hydrogens (tertiary/aromatic N) is 1. The van der Waals surface area contributed by atoms with Crippen molar-refractivity contribution in [3.05, 3.63) is 0 Å². The zero-order valence-corrected chi connectivity index (χ0v) is 10.8. The second kappa shape index (κ2) is 6.15. The first-order valence-electron chi connectivity index (χ1n) is 5.90. The van der Waals surface area contributed by atoms with Crippen LogP contribution in [0.1, 0.15) is 33.1 Å². The quantitative estimate of drug-likeness (QED) is 0.549. The van der Waals surface area contributed by atoms with E-state index in [1.54, 1.807) is 4.90 Å². The zero-order valence-electron chi connectivity index (χ0n) is 10.1. The summed E-state index contributed by atoms with van der Waals surface area (Å²) in [6.45, 7) is 4.78. The molecule has 90 valence electrons. The fourth-order valence-corrected chi connectivity index (χ4v) is 2.97. The lowest BCUT2D eigenvalue weighted by Crippen LogP contribution is -2.49. The summed E-state index contributed by atoms with van der Waals surface area (Å²) in [6.07, 6.45) is 8.92. The standard InChI is InChI=1S/C13H20ClNO/c1-4-8-15(12(16)9-14)13-10(2)6-5-7-11(13)3/h1,10-11,13H,5-9H2,2-3H3. The molecule has 0 spiro atoms. The van der Waals surface area contributed by atoms with Gasteiger partial charge in [0.25, 0.3) is 0 Å². The molecule has 1 aliphatic carbocycles. The third-order valence-electron chi connectivity index (χ3n) is 3.54. The average Bonchev–Trinajstić information content (AvgIpc) is 2.26. The molecule has 1 aliphatic rings. The third-order valence-corrected chi connectivity index (χ3v) is 3.77. The number of alkyl halides is 1. The van der Waals surface area contributed by atoms with Crippen LogP contribution in [-0.4, -0.2) is 29.3 Å². The zero-order chi connectivity index (χ0) is 12.1. The average molecular weight is 242 g/mol. The van der Waals surface area contributed by atoms with E-state index in [0.717, 1.165) is 0 Å². The molecule has 2 atom stereocenters. The molecule has 0 aromatic heterocycles. The van der Waals surface area contributed by atoms with Crippen LogP contribution in [0.15, 0.2) is 0 Å². The molecule has 0 heterocycles. The molecule has 0 aliphatic heterocycles. The molecular formula is C13H20ClNO. The summed E-state index contributed by atoms with van der Waals surface area (Å²) < 4.78 is 0. The fraction of sp³-hybridized carbons (Fsp3) is 0.769. The largest absolute Gasteiger partial charge is 0.327 e. The van der Waals surface area contributed by atoms with Crippen LogP contribution >= 0.6 is 11.6 Å². The summed E-state index contributed by atoms with van der Waals surface area (Å²) in [5, 5.41) is 0. The second-order valence-corrected chi connectivity index (χ2v) is 5.00. The van der Waals surface area contributed by atoms with Crippen LogP contribution in [0, 0.1) is 24.2 Å². The molecular weight excluding hydrogens is 222 g/mol. The molecule has 2 unspecified atom stereocenters. The maximum Gasteiger partial charge on any atom is 0.238 e. The van der Waals surface area contributed by atoms with Gasteiger partial charge in [-0.05, 0) is 24.7 Å². The van der Waals surface area contributed by atoms with E-state index in [-0.39, 0.29) is 17.8 Å². The monoisotopic (exact) mass is 241 g/mol. The molecule has 3 heteroatoms. The summed E-state index contributed by atoms with van der Waals surface area (Å²) in [5.41, 5.74) is 0. The normalized spacial score (nSPS) is 29.5.